The highest BCUT2D eigenvalue weighted by molar-refractivity contribution is 7.99. The summed E-state index contributed by atoms with van der Waals surface area (Å²) in [5.74, 6) is 0. The molecule has 1 aliphatic heterocycles. The van der Waals surface area contributed by atoms with E-state index in [9.17, 15) is 5.53 Å². The van der Waals surface area contributed by atoms with Gasteiger partial charge in [0.1, 0.15) is 23.7 Å². The molecule has 0 aliphatic carbocycles. The van der Waals surface area contributed by atoms with Crippen molar-refractivity contribution >= 4 is 11.8 Å². The lowest BCUT2D eigenvalue weighted by molar-refractivity contribution is -0.211. The molecule has 0 saturated carbocycles. The van der Waals surface area contributed by atoms with Crippen LogP contribution in [0.1, 0.15) is 22.3 Å². The van der Waals surface area contributed by atoms with Crippen LogP contribution >= 0.6 is 11.8 Å². The number of hydrogen-bond donors (Lipinski definition) is 0. The Morgan fingerprint density at radius 1 is 0.714 bits per heavy atom. The molecule has 0 N–H and O–H groups in total. The fourth-order valence-corrected chi connectivity index (χ4v) is 5.96. The molecule has 0 bridgehead atoms. The highest BCUT2D eigenvalue weighted by atomic mass is 32.2. The molecule has 5 rings (SSSR count). The summed E-state index contributed by atoms with van der Waals surface area (Å²) < 4.78 is 26.0. The van der Waals surface area contributed by atoms with Crippen LogP contribution in [0.4, 0.5) is 0 Å². The van der Waals surface area contributed by atoms with E-state index in [-0.39, 0.29) is 6.61 Å². The van der Waals surface area contributed by atoms with Gasteiger partial charge in [-0.15, -0.1) is 0 Å². The lowest BCUT2D eigenvalue weighted by Crippen LogP contribution is -2.58. The second-order valence-corrected chi connectivity index (χ2v) is 11.4. The number of azide groups is 1. The standard InChI is InChI=1S/C34H35N3O4S/c1-25-17-19-29(20-18-25)42-34-31(36-37-35)33(40-23-28-15-9-4-10-16-28)32(39-22-27-13-7-3-8-14-27)30(41-34)24-38-21-26-11-5-2-6-12-26/h2-20,30-34H,21-24H2,1H3/t30-,31-,32+,33-,34-/m1/s1. The molecule has 42 heavy (non-hydrogen) atoms. The van der Waals surface area contributed by atoms with E-state index in [4.69, 9.17) is 18.9 Å². The first-order valence-electron chi connectivity index (χ1n) is 14.1. The van der Waals surface area contributed by atoms with Crippen LogP contribution in [0.5, 0.6) is 0 Å². The average Bonchev–Trinajstić information content (AvgIpc) is 3.03. The predicted molar refractivity (Wildman–Crippen MR) is 165 cm³/mol. The van der Waals surface area contributed by atoms with Gasteiger partial charge in [-0.1, -0.05) is 126 Å². The summed E-state index contributed by atoms with van der Waals surface area (Å²) in [6.07, 6.45) is -1.59. The van der Waals surface area contributed by atoms with Crippen LogP contribution < -0.4 is 0 Å². The van der Waals surface area contributed by atoms with Crippen molar-refractivity contribution in [3.63, 3.8) is 0 Å². The lowest BCUT2D eigenvalue weighted by Gasteiger charge is -2.44. The molecule has 0 radical (unpaired) electrons. The van der Waals surface area contributed by atoms with Gasteiger partial charge in [0.05, 0.1) is 32.5 Å². The molecule has 1 fully saturated rings. The molecule has 8 heteroatoms. The van der Waals surface area contributed by atoms with Crippen LogP contribution in [0.25, 0.3) is 10.4 Å². The summed E-state index contributed by atoms with van der Waals surface area (Å²) in [6, 6.07) is 37.6. The maximum atomic E-state index is 9.64. The summed E-state index contributed by atoms with van der Waals surface area (Å²) >= 11 is 1.52. The van der Waals surface area contributed by atoms with Crippen molar-refractivity contribution in [1.29, 1.82) is 0 Å². The Morgan fingerprint density at radius 2 is 1.24 bits per heavy atom. The van der Waals surface area contributed by atoms with Crippen LogP contribution in [0.3, 0.4) is 0 Å². The van der Waals surface area contributed by atoms with Crippen molar-refractivity contribution in [1.82, 2.24) is 0 Å². The summed E-state index contributed by atoms with van der Waals surface area (Å²) in [6.45, 7) is 3.48. The van der Waals surface area contributed by atoms with E-state index in [2.05, 4.69) is 41.2 Å². The van der Waals surface area contributed by atoms with Gasteiger partial charge in [-0.2, -0.15) is 0 Å². The van der Waals surface area contributed by atoms with E-state index in [0.29, 0.717) is 19.8 Å². The Kier molecular flexibility index (Phi) is 11.1. The molecule has 1 saturated heterocycles. The minimum Gasteiger partial charge on any atom is -0.374 e. The molecule has 5 atom stereocenters. The Labute approximate surface area is 251 Å². The molecule has 7 nitrogen and oxygen atoms in total. The van der Waals surface area contributed by atoms with Gasteiger partial charge in [0.2, 0.25) is 0 Å². The normalized spacial score (nSPS) is 21.9. The van der Waals surface area contributed by atoms with Gasteiger partial charge in [-0.05, 0) is 41.3 Å². The Morgan fingerprint density at radius 3 is 1.79 bits per heavy atom. The Hall–Kier alpha value is -3.62. The van der Waals surface area contributed by atoms with Gasteiger partial charge in [-0.25, -0.2) is 0 Å². The molecule has 1 aliphatic rings. The molecule has 216 valence electrons. The molecule has 0 spiro atoms. The molecule has 0 unspecified atom stereocenters. The van der Waals surface area contributed by atoms with Gasteiger partial charge < -0.3 is 18.9 Å². The number of aryl methyl sites for hydroxylation is 1. The first-order valence-corrected chi connectivity index (χ1v) is 14.9. The summed E-state index contributed by atoms with van der Waals surface area (Å²) in [5.41, 5.74) is 13.4. The van der Waals surface area contributed by atoms with Crippen LogP contribution in [0, 0.1) is 6.92 Å². The van der Waals surface area contributed by atoms with Gasteiger partial charge in [0, 0.05) is 9.81 Å². The number of ether oxygens (including phenoxy) is 4. The predicted octanol–water partition coefficient (Wildman–Crippen LogP) is 7.88. The van der Waals surface area contributed by atoms with E-state index in [0.717, 1.165) is 21.6 Å². The zero-order valence-corrected chi connectivity index (χ0v) is 24.4. The third-order valence-electron chi connectivity index (χ3n) is 7.04. The van der Waals surface area contributed by atoms with E-state index in [1.54, 1.807) is 0 Å². The van der Waals surface area contributed by atoms with Crippen molar-refractivity contribution in [2.45, 2.75) is 61.4 Å². The number of rotatable bonds is 13. The summed E-state index contributed by atoms with van der Waals surface area (Å²) in [4.78, 5) is 4.23. The monoisotopic (exact) mass is 581 g/mol. The smallest absolute Gasteiger partial charge is 0.119 e. The zero-order chi connectivity index (χ0) is 29.0. The fraction of sp³-hybridized carbons (Fsp3) is 0.294. The Bertz CT molecular complexity index is 1400. The summed E-state index contributed by atoms with van der Waals surface area (Å²) in [7, 11) is 0. The van der Waals surface area contributed by atoms with Crippen molar-refractivity contribution in [3.05, 3.63) is 148 Å². The van der Waals surface area contributed by atoms with Gasteiger partial charge >= 0.3 is 0 Å². The van der Waals surface area contributed by atoms with Crippen LogP contribution in [-0.4, -0.2) is 36.4 Å². The lowest BCUT2D eigenvalue weighted by atomic mass is 9.97. The van der Waals surface area contributed by atoms with Crippen molar-refractivity contribution < 1.29 is 18.9 Å². The van der Waals surface area contributed by atoms with E-state index < -0.39 is 29.8 Å². The first-order chi connectivity index (χ1) is 20.7. The number of hydrogen-bond acceptors (Lipinski definition) is 6. The molecule has 0 amide bonds. The SMILES string of the molecule is Cc1ccc(S[C@H]2O[C@H](COCc3ccccc3)[C@H](OCc3ccccc3)[C@H](OCc3ccccc3)[C@H]2N=[N+]=[N-])cc1. The average molecular weight is 582 g/mol. The minimum atomic E-state index is -0.642. The quantitative estimate of drug-likeness (QED) is 0.0911. The zero-order valence-electron chi connectivity index (χ0n) is 23.6. The van der Waals surface area contributed by atoms with Crippen LogP contribution in [0.15, 0.2) is 125 Å². The van der Waals surface area contributed by atoms with Crippen LogP contribution in [0.2, 0.25) is 0 Å². The second-order valence-electron chi connectivity index (χ2n) is 10.2. The van der Waals surface area contributed by atoms with Gasteiger partial charge in [-0.3, -0.25) is 0 Å². The van der Waals surface area contributed by atoms with E-state index in [1.165, 1.54) is 17.3 Å². The van der Waals surface area contributed by atoms with Crippen LogP contribution in [-0.2, 0) is 38.8 Å². The maximum Gasteiger partial charge on any atom is 0.119 e. The topological polar surface area (TPSA) is 85.7 Å². The molecule has 1 heterocycles. The number of benzene rings is 4. The third kappa shape index (κ3) is 8.46. The Balaban J connectivity index is 1.43. The van der Waals surface area contributed by atoms with Gasteiger partial charge in [0.25, 0.3) is 0 Å². The molecular formula is C34H35N3O4S. The molecule has 0 aromatic heterocycles. The highest BCUT2D eigenvalue weighted by Crippen LogP contribution is 2.38. The highest BCUT2D eigenvalue weighted by Gasteiger charge is 2.47. The minimum absolute atomic E-state index is 0.285. The molecule has 4 aromatic rings. The maximum absolute atomic E-state index is 9.64. The van der Waals surface area contributed by atoms with Crippen molar-refractivity contribution in [3.8, 4) is 0 Å². The van der Waals surface area contributed by atoms with Gasteiger partial charge in [0.15, 0.2) is 0 Å². The van der Waals surface area contributed by atoms with Crippen molar-refractivity contribution in [2.75, 3.05) is 6.61 Å². The second kappa shape index (κ2) is 15.6. The van der Waals surface area contributed by atoms with Crippen molar-refractivity contribution in [2.24, 2.45) is 5.11 Å². The largest absolute Gasteiger partial charge is 0.374 e. The number of thioether (sulfide) groups is 1. The first kappa shape index (κ1) is 29.9. The van der Waals surface area contributed by atoms with E-state index in [1.807, 2.05) is 91.0 Å². The summed E-state index contributed by atoms with van der Waals surface area (Å²) in [5, 5.41) is 4.23. The third-order valence-corrected chi connectivity index (χ3v) is 8.20. The fourth-order valence-electron chi connectivity index (χ4n) is 4.85. The number of nitrogens with zero attached hydrogens (tertiary/aromatic N) is 3. The molecule has 4 aromatic carbocycles. The molecular weight excluding hydrogens is 546 g/mol. The van der Waals surface area contributed by atoms with E-state index >= 15 is 0 Å².